The van der Waals surface area contributed by atoms with E-state index in [0.29, 0.717) is 15.7 Å². The summed E-state index contributed by atoms with van der Waals surface area (Å²) in [6, 6.07) is 11.6. The first-order valence-corrected chi connectivity index (χ1v) is 10.2. The van der Waals surface area contributed by atoms with Gasteiger partial charge in [0, 0.05) is 7.05 Å². The van der Waals surface area contributed by atoms with Gasteiger partial charge in [-0.25, -0.2) is 9.59 Å². The van der Waals surface area contributed by atoms with Crippen LogP contribution < -0.4 is 10.6 Å². The first kappa shape index (κ1) is 21.3. The normalized spacial score (nSPS) is 16.4. The van der Waals surface area contributed by atoms with Gasteiger partial charge in [0.25, 0.3) is 0 Å². The van der Waals surface area contributed by atoms with Crippen molar-refractivity contribution in [3.63, 3.8) is 0 Å². The average Bonchev–Trinajstić information content (AvgIpc) is 2.71. The van der Waals surface area contributed by atoms with Gasteiger partial charge in [0.15, 0.2) is 0 Å². The van der Waals surface area contributed by atoms with E-state index in [4.69, 9.17) is 23.2 Å². The van der Waals surface area contributed by atoms with Crippen molar-refractivity contribution < 1.29 is 14.7 Å². The van der Waals surface area contributed by atoms with Crippen LogP contribution >= 0.6 is 23.2 Å². The predicted molar refractivity (Wildman–Crippen MR) is 115 cm³/mol. The van der Waals surface area contributed by atoms with Crippen LogP contribution in [-0.2, 0) is 11.2 Å². The summed E-state index contributed by atoms with van der Waals surface area (Å²) in [5, 5.41) is 15.7. The van der Waals surface area contributed by atoms with Crippen molar-refractivity contribution in [2.45, 2.75) is 31.3 Å². The highest BCUT2D eigenvalue weighted by atomic mass is 35.5. The molecule has 0 saturated carbocycles. The molecule has 3 rings (SSSR count). The molecule has 0 aromatic heterocycles. The van der Waals surface area contributed by atoms with Gasteiger partial charge in [0.05, 0.1) is 28.3 Å². The van der Waals surface area contributed by atoms with Crippen LogP contribution in [0, 0.1) is 0 Å². The summed E-state index contributed by atoms with van der Waals surface area (Å²) in [5.41, 5.74) is 2.72. The Bertz CT molecular complexity index is 886. The number of anilines is 1. The molecule has 0 bridgehead atoms. The lowest BCUT2D eigenvalue weighted by molar-refractivity contribution is -0.137. The molecule has 29 heavy (non-hydrogen) atoms. The van der Waals surface area contributed by atoms with E-state index in [0.717, 1.165) is 24.8 Å². The fourth-order valence-electron chi connectivity index (χ4n) is 3.60. The van der Waals surface area contributed by atoms with Crippen LogP contribution in [0.2, 0.25) is 10.0 Å². The quantitative estimate of drug-likeness (QED) is 0.620. The molecule has 0 spiro atoms. The number of hydrogen-bond donors (Lipinski definition) is 3. The molecular formula is C21H23Cl2N3O3. The van der Waals surface area contributed by atoms with E-state index in [1.165, 1.54) is 5.56 Å². The number of para-hydroxylation sites is 1. The molecule has 1 unspecified atom stereocenters. The lowest BCUT2D eigenvalue weighted by Gasteiger charge is -2.33. The molecule has 0 aliphatic heterocycles. The van der Waals surface area contributed by atoms with Gasteiger partial charge in [-0.05, 0) is 42.5 Å². The van der Waals surface area contributed by atoms with E-state index < -0.39 is 12.0 Å². The number of urea groups is 1. The Kier molecular flexibility index (Phi) is 6.87. The van der Waals surface area contributed by atoms with Crippen molar-refractivity contribution in [3.8, 4) is 0 Å². The molecule has 0 saturated heterocycles. The van der Waals surface area contributed by atoms with Crippen LogP contribution in [0.4, 0.5) is 10.5 Å². The maximum atomic E-state index is 12.7. The number of aliphatic carboxylic acids is 1. The second-order valence-electron chi connectivity index (χ2n) is 7.04. The zero-order chi connectivity index (χ0) is 21.0. The van der Waals surface area contributed by atoms with E-state index >= 15 is 0 Å². The maximum absolute atomic E-state index is 12.7. The van der Waals surface area contributed by atoms with E-state index in [1.54, 1.807) is 30.1 Å². The van der Waals surface area contributed by atoms with Gasteiger partial charge in [0.1, 0.15) is 6.04 Å². The predicted octanol–water partition coefficient (Wildman–Crippen LogP) is 4.58. The highest BCUT2D eigenvalue weighted by Crippen LogP contribution is 2.33. The van der Waals surface area contributed by atoms with E-state index in [9.17, 15) is 14.7 Å². The minimum absolute atomic E-state index is 0.0331. The molecule has 1 aliphatic carbocycles. The Morgan fingerprint density at radius 1 is 1.17 bits per heavy atom. The number of aryl methyl sites for hydroxylation is 1. The second kappa shape index (κ2) is 9.37. The Labute approximate surface area is 179 Å². The van der Waals surface area contributed by atoms with Gasteiger partial charge in [-0.3, -0.25) is 0 Å². The zero-order valence-electron chi connectivity index (χ0n) is 16.0. The number of carbonyl (C=O) groups excluding carboxylic acids is 1. The molecule has 2 aromatic carbocycles. The summed E-state index contributed by atoms with van der Waals surface area (Å²) in [6.07, 6.45) is 2.88. The fraction of sp³-hybridized carbons (Fsp3) is 0.333. The minimum Gasteiger partial charge on any atom is -0.480 e. The SMILES string of the molecule is CN(C(=O)NC[C@H](Nc1c(Cl)cccc1Cl)C(=O)O)C1CCCc2ccccc21. The Hall–Kier alpha value is -2.44. The highest BCUT2D eigenvalue weighted by Gasteiger charge is 2.27. The zero-order valence-corrected chi connectivity index (χ0v) is 17.5. The van der Waals surface area contributed by atoms with Gasteiger partial charge < -0.3 is 20.6 Å². The number of halogens is 2. The van der Waals surface area contributed by atoms with Crippen LogP contribution in [0.1, 0.15) is 30.0 Å². The van der Waals surface area contributed by atoms with Crippen molar-refractivity contribution in [2.75, 3.05) is 18.9 Å². The molecule has 0 radical (unpaired) electrons. The molecule has 8 heteroatoms. The lowest BCUT2D eigenvalue weighted by atomic mass is 9.87. The van der Waals surface area contributed by atoms with Gasteiger partial charge in [-0.1, -0.05) is 53.5 Å². The number of carboxylic acids is 1. The smallest absolute Gasteiger partial charge is 0.327 e. The summed E-state index contributed by atoms with van der Waals surface area (Å²) < 4.78 is 0. The summed E-state index contributed by atoms with van der Waals surface area (Å²) >= 11 is 12.2. The summed E-state index contributed by atoms with van der Waals surface area (Å²) in [5.74, 6) is -1.12. The van der Waals surface area contributed by atoms with Gasteiger partial charge >= 0.3 is 12.0 Å². The number of benzene rings is 2. The molecule has 2 atom stereocenters. The minimum atomic E-state index is -1.12. The topological polar surface area (TPSA) is 81.7 Å². The Morgan fingerprint density at radius 2 is 1.86 bits per heavy atom. The summed E-state index contributed by atoms with van der Waals surface area (Å²) in [4.78, 5) is 26.0. The van der Waals surface area contributed by atoms with E-state index in [2.05, 4.69) is 16.7 Å². The Balaban J connectivity index is 1.66. The van der Waals surface area contributed by atoms with Gasteiger partial charge in [0.2, 0.25) is 0 Å². The molecule has 3 N–H and O–H groups in total. The van der Waals surface area contributed by atoms with Crippen molar-refractivity contribution in [1.29, 1.82) is 0 Å². The van der Waals surface area contributed by atoms with Crippen molar-refractivity contribution in [1.82, 2.24) is 10.2 Å². The lowest BCUT2D eigenvalue weighted by Crippen LogP contribution is -2.47. The molecule has 1 aliphatic rings. The Morgan fingerprint density at radius 3 is 2.55 bits per heavy atom. The van der Waals surface area contributed by atoms with Crippen molar-refractivity contribution in [2.24, 2.45) is 0 Å². The van der Waals surface area contributed by atoms with E-state index in [-0.39, 0.29) is 18.6 Å². The third kappa shape index (κ3) is 4.95. The molecular weight excluding hydrogens is 413 g/mol. The summed E-state index contributed by atoms with van der Waals surface area (Å²) in [7, 11) is 1.73. The monoisotopic (exact) mass is 435 g/mol. The van der Waals surface area contributed by atoms with Crippen LogP contribution in [0.3, 0.4) is 0 Å². The van der Waals surface area contributed by atoms with Gasteiger partial charge in [-0.2, -0.15) is 0 Å². The van der Waals surface area contributed by atoms with Crippen LogP contribution in [0.25, 0.3) is 0 Å². The number of fused-ring (bicyclic) bond motifs is 1. The highest BCUT2D eigenvalue weighted by molar-refractivity contribution is 6.39. The van der Waals surface area contributed by atoms with Crippen LogP contribution in [0.5, 0.6) is 0 Å². The number of rotatable bonds is 6. The van der Waals surface area contributed by atoms with Crippen molar-refractivity contribution >= 4 is 40.9 Å². The molecule has 2 amide bonds. The number of carbonyl (C=O) groups is 2. The molecule has 6 nitrogen and oxygen atoms in total. The maximum Gasteiger partial charge on any atom is 0.327 e. The standard InChI is InChI=1S/C21H23Cl2N3O3/c1-26(18-11-4-7-13-6-2-3-8-14(13)18)21(29)24-12-17(20(27)28)25-19-15(22)9-5-10-16(19)23/h2-3,5-6,8-10,17-18,25H,4,7,11-12H2,1H3,(H,24,29)(H,27,28)/t17-,18?/m0/s1. The molecule has 154 valence electrons. The third-order valence-corrected chi connectivity index (χ3v) is 5.79. The second-order valence-corrected chi connectivity index (χ2v) is 7.85. The van der Waals surface area contributed by atoms with Crippen LogP contribution in [-0.4, -0.2) is 41.6 Å². The number of nitrogens with one attached hydrogen (secondary N) is 2. The first-order chi connectivity index (χ1) is 13.9. The van der Waals surface area contributed by atoms with Gasteiger partial charge in [-0.15, -0.1) is 0 Å². The number of nitrogens with zero attached hydrogens (tertiary/aromatic N) is 1. The first-order valence-electron chi connectivity index (χ1n) is 9.40. The molecule has 2 aromatic rings. The summed E-state index contributed by atoms with van der Waals surface area (Å²) in [6.45, 7) is -0.117. The number of amides is 2. The number of carboxylic acid groups (broad SMARTS) is 1. The number of hydrogen-bond acceptors (Lipinski definition) is 3. The molecule has 0 heterocycles. The van der Waals surface area contributed by atoms with E-state index in [1.807, 2.05) is 18.2 Å². The average molecular weight is 436 g/mol. The third-order valence-electron chi connectivity index (χ3n) is 5.16. The van der Waals surface area contributed by atoms with Crippen molar-refractivity contribution in [3.05, 3.63) is 63.6 Å². The van der Waals surface area contributed by atoms with Crippen LogP contribution in [0.15, 0.2) is 42.5 Å². The fourth-order valence-corrected chi connectivity index (χ4v) is 4.10. The largest absolute Gasteiger partial charge is 0.480 e. The molecule has 0 fully saturated rings.